The molecule has 0 N–H and O–H groups in total. The van der Waals surface area contributed by atoms with E-state index >= 15 is 0 Å². The van der Waals surface area contributed by atoms with Crippen molar-refractivity contribution in [3.05, 3.63) is 36.3 Å². The van der Waals surface area contributed by atoms with Crippen molar-refractivity contribution in [3.63, 3.8) is 0 Å². The van der Waals surface area contributed by atoms with E-state index < -0.39 is 0 Å². The summed E-state index contributed by atoms with van der Waals surface area (Å²) in [5.74, 6) is 0. The first-order valence-electron chi connectivity index (χ1n) is 5.54. The lowest BCUT2D eigenvalue weighted by Crippen LogP contribution is -1.85. The highest BCUT2D eigenvalue weighted by molar-refractivity contribution is 5.80. The molecule has 0 radical (unpaired) electrons. The molecular weight excluding hydrogens is 196 g/mol. The molecule has 0 unspecified atom stereocenters. The quantitative estimate of drug-likeness (QED) is 0.647. The number of nitrogens with zero attached hydrogens (tertiary/aromatic N) is 2. The van der Waals surface area contributed by atoms with E-state index in [1.807, 2.05) is 58.9 Å². The monoisotopic (exact) mass is 220 g/mol. The zero-order chi connectivity index (χ0) is 11.7. The smallest absolute Gasteiger partial charge is 0.116 e. The minimum absolute atomic E-state index is 0. The maximum atomic E-state index is 4.13. The Hall–Kier alpha value is -1.44. The van der Waals surface area contributed by atoms with Crippen LogP contribution in [0.2, 0.25) is 0 Å². The van der Waals surface area contributed by atoms with Gasteiger partial charge in [0.1, 0.15) is 6.33 Å². The zero-order valence-electron chi connectivity index (χ0n) is 10.3. The van der Waals surface area contributed by atoms with E-state index in [0.717, 1.165) is 16.6 Å². The molecule has 2 nitrogen and oxygen atoms in total. The molecule has 0 atom stereocenters. The summed E-state index contributed by atoms with van der Waals surface area (Å²) in [6.07, 6.45) is 1.59. The van der Waals surface area contributed by atoms with Crippen LogP contribution in [0.1, 0.15) is 40.8 Å². The molecule has 0 bridgehead atoms. The summed E-state index contributed by atoms with van der Waals surface area (Å²) >= 11 is 0. The van der Waals surface area contributed by atoms with Gasteiger partial charge in [0.05, 0.1) is 5.52 Å². The Bertz CT molecular complexity index is 378. The fourth-order valence-electron chi connectivity index (χ4n) is 1.14. The predicted octanol–water partition coefficient (Wildman–Crippen LogP) is 4.63. The Labute approximate surface area is 99.8 Å². The highest BCUT2D eigenvalue weighted by Crippen LogP contribution is 2.11. The SMILES string of the molecule is C.CC.CC.Cc1ncnc2ccccc12. The second-order valence-electron chi connectivity index (χ2n) is 2.48. The lowest BCUT2D eigenvalue weighted by atomic mass is 10.2. The third-order valence-corrected chi connectivity index (χ3v) is 1.74. The average Bonchev–Trinajstić information content (AvgIpc) is 2.35. The number of rotatable bonds is 0. The third-order valence-electron chi connectivity index (χ3n) is 1.74. The molecule has 0 saturated carbocycles. The average molecular weight is 220 g/mol. The fraction of sp³-hybridized carbons (Fsp3) is 0.429. The molecule has 1 heterocycles. The minimum atomic E-state index is 0. The minimum Gasteiger partial charge on any atom is -0.241 e. The predicted molar refractivity (Wildman–Crippen MR) is 73.7 cm³/mol. The van der Waals surface area contributed by atoms with Crippen LogP contribution >= 0.6 is 0 Å². The number of hydrogen-bond acceptors (Lipinski definition) is 2. The second-order valence-corrected chi connectivity index (χ2v) is 2.48. The van der Waals surface area contributed by atoms with Crippen LogP contribution in [0.4, 0.5) is 0 Å². The zero-order valence-corrected chi connectivity index (χ0v) is 10.3. The topological polar surface area (TPSA) is 25.8 Å². The van der Waals surface area contributed by atoms with Crippen LogP contribution in [0.5, 0.6) is 0 Å². The van der Waals surface area contributed by atoms with Crippen molar-refractivity contribution in [1.29, 1.82) is 0 Å². The van der Waals surface area contributed by atoms with Crippen molar-refractivity contribution in [2.75, 3.05) is 0 Å². The molecule has 1 aromatic carbocycles. The first-order valence-corrected chi connectivity index (χ1v) is 5.54. The number of aryl methyl sites for hydroxylation is 1. The van der Waals surface area contributed by atoms with Gasteiger partial charge in [-0.1, -0.05) is 53.3 Å². The van der Waals surface area contributed by atoms with E-state index in [1.54, 1.807) is 6.33 Å². The van der Waals surface area contributed by atoms with Gasteiger partial charge < -0.3 is 0 Å². The van der Waals surface area contributed by atoms with Crippen LogP contribution in [0, 0.1) is 6.92 Å². The van der Waals surface area contributed by atoms with Crippen molar-refractivity contribution in [1.82, 2.24) is 9.97 Å². The van der Waals surface area contributed by atoms with Crippen LogP contribution in [0.15, 0.2) is 30.6 Å². The van der Waals surface area contributed by atoms with Crippen molar-refractivity contribution < 1.29 is 0 Å². The van der Waals surface area contributed by atoms with Crippen molar-refractivity contribution in [2.45, 2.75) is 42.0 Å². The lowest BCUT2D eigenvalue weighted by Gasteiger charge is -1.96. The molecule has 2 rings (SSSR count). The van der Waals surface area contributed by atoms with Gasteiger partial charge >= 0.3 is 0 Å². The van der Waals surface area contributed by atoms with Crippen LogP contribution < -0.4 is 0 Å². The van der Waals surface area contributed by atoms with Crippen molar-refractivity contribution >= 4 is 10.9 Å². The lowest BCUT2D eigenvalue weighted by molar-refractivity contribution is 1.15. The molecule has 2 heteroatoms. The van der Waals surface area contributed by atoms with Crippen LogP contribution in [0.25, 0.3) is 10.9 Å². The van der Waals surface area contributed by atoms with Crippen molar-refractivity contribution in [3.8, 4) is 0 Å². The maximum absolute atomic E-state index is 4.13. The van der Waals surface area contributed by atoms with Gasteiger partial charge in [-0.2, -0.15) is 0 Å². The molecule has 1 aromatic heterocycles. The van der Waals surface area contributed by atoms with Crippen LogP contribution in [0.3, 0.4) is 0 Å². The molecule has 0 saturated heterocycles. The molecule has 90 valence electrons. The van der Waals surface area contributed by atoms with Gasteiger partial charge in [-0.25, -0.2) is 9.97 Å². The Morgan fingerprint density at radius 2 is 1.44 bits per heavy atom. The number of benzene rings is 1. The van der Waals surface area contributed by atoms with Gasteiger partial charge in [-0.15, -0.1) is 0 Å². The summed E-state index contributed by atoms with van der Waals surface area (Å²) in [7, 11) is 0. The summed E-state index contributed by atoms with van der Waals surface area (Å²) in [4.78, 5) is 8.23. The van der Waals surface area contributed by atoms with E-state index in [9.17, 15) is 0 Å². The van der Waals surface area contributed by atoms with Gasteiger partial charge in [0.15, 0.2) is 0 Å². The second kappa shape index (κ2) is 10.1. The number of hydrogen-bond donors (Lipinski definition) is 0. The summed E-state index contributed by atoms with van der Waals surface area (Å²) in [5, 5.41) is 1.13. The normalized spacial score (nSPS) is 7.81. The highest BCUT2D eigenvalue weighted by Gasteiger charge is 1.94. The Morgan fingerprint density at radius 1 is 0.875 bits per heavy atom. The number of aromatic nitrogens is 2. The van der Waals surface area contributed by atoms with E-state index in [2.05, 4.69) is 9.97 Å². The molecule has 0 fully saturated rings. The first-order chi connectivity index (χ1) is 7.38. The summed E-state index contributed by atoms with van der Waals surface area (Å²) < 4.78 is 0. The molecule has 0 aliphatic carbocycles. The van der Waals surface area contributed by atoms with Crippen LogP contribution in [-0.2, 0) is 0 Å². The van der Waals surface area contributed by atoms with Gasteiger partial charge in [-0.05, 0) is 13.0 Å². The molecule has 16 heavy (non-hydrogen) atoms. The van der Waals surface area contributed by atoms with Gasteiger partial charge in [-0.3, -0.25) is 0 Å². The highest BCUT2D eigenvalue weighted by atomic mass is 14.8. The van der Waals surface area contributed by atoms with Crippen LogP contribution in [-0.4, -0.2) is 9.97 Å². The Balaban J connectivity index is 0. The number of para-hydroxylation sites is 1. The van der Waals surface area contributed by atoms with Gasteiger partial charge in [0.25, 0.3) is 0 Å². The molecular formula is C14H24N2. The van der Waals surface area contributed by atoms with Gasteiger partial charge in [0, 0.05) is 11.1 Å². The first kappa shape index (κ1) is 17.0. The summed E-state index contributed by atoms with van der Waals surface area (Å²) in [6, 6.07) is 8.00. The van der Waals surface area contributed by atoms with E-state index in [4.69, 9.17) is 0 Å². The summed E-state index contributed by atoms with van der Waals surface area (Å²) in [5.41, 5.74) is 2.05. The summed E-state index contributed by atoms with van der Waals surface area (Å²) in [6.45, 7) is 9.99. The Morgan fingerprint density at radius 3 is 2.00 bits per heavy atom. The standard InChI is InChI=1S/C9H8N2.2C2H6.CH4/c1-7-8-4-2-3-5-9(8)11-6-10-7;2*1-2;/h2-6H,1H3;2*1-2H3;1H4. The fourth-order valence-corrected chi connectivity index (χ4v) is 1.14. The molecule has 0 aliphatic heterocycles. The molecule has 0 aliphatic rings. The molecule has 0 spiro atoms. The third kappa shape index (κ3) is 4.39. The van der Waals surface area contributed by atoms with E-state index in [1.165, 1.54) is 0 Å². The maximum Gasteiger partial charge on any atom is 0.116 e. The van der Waals surface area contributed by atoms with E-state index in [-0.39, 0.29) is 7.43 Å². The van der Waals surface area contributed by atoms with Gasteiger partial charge in [0.2, 0.25) is 0 Å². The largest absolute Gasteiger partial charge is 0.241 e. The Kier molecular flexibility index (Phi) is 10.7. The van der Waals surface area contributed by atoms with Crippen molar-refractivity contribution in [2.24, 2.45) is 0 Å². The molecule has 0 amide bonds. The van der Waals surface area contributed by atoms with E-state index in [0.29, 0.717) is 0 Å². The molecule has 2 aromatic rings. The number of fused-ring (bicyclic) bond motifs is 1.